The fourth-order valence-electron chi connectivity index (χ4n) is 2.66. The van der Waals surface area contributed by atoms with Crippen molar-refractivity contribution in [3.8, 4) is 11.1 Å². The molecule has 0 aromatic heterocycles. The van der Waals surface area contributed by atoms with E-state index in [1.54, 1.807) is 36.4 Å². The highest BCUT2D eigenvalue weighted by Crippen LogP contribution is 2.29. The van der Waals surface area contributed by atoms with Crippen LogP contribution in [0.5, 0.6) is 0 Å². The van der Waals surface area contributed by atoms with Crippen molar-refractivity contribution in [2.75, 3.05) is 23.7 Å². The first-order valence-corrected chi connectivity index (χ1v) is 7.82. The summed E-state index contributed by atoms with van der Waals surface area (Å²) in [5, 5.41) is 2.60. The lowest BCUT2D eigenvalue weighted by molar-refractivity contribution is -0.119. The number of rotatable bonds is 4. The quantitative estimate of drug-likeness (QED) is 0.836. The van der Waals surface area contributed by atoms with Gasteiger partial charge in [-0.3, -0.25) is 9.69 Å². The molecule has 25 heavy (non-hydrogen) atoms. The molecule has 2 aromatic carbocycles. The van der Waals surface area contributed by atoms with E-state index in [1.165, 1.54) is 17.9 Å². The highest BCUT2D eigenvalue weighted by Gasteiger charge is 2.32. The zero-order valence-corrected chi connectivity index (χ0v) is 13.7. The Labute approximate surface area is 144 Å². The number of benzene rings is 2. The molecule has 0 unspecified atom stereocenters. The van der Waals surface area contributed by atoms with Crippen molar-refractivity contribution in [3.05, 3.63) is 48.3 Å². The number of anilines is 2. The molecule has 1 atom stereocenters. The van der Waals surface area contributed by atoms with Gasteiger partial charge in [0, 0.05) is 18.2 Å². The van der Waals surface area contributed by atoms with Crippen LogP contribution in [0.25, 0.3) is 11.1 Å². The van der Waals surface area contributed by atoms with Gasteiger partial charge >= 0.3 is 6.09 Å². The van der Waals surface area contributed by atoms with Crippen LogP contribution in [-0.4, -0.2) is 31.2 Å². The Hall–Kier alpha value is -3.09. The van der Waals surface area contributed by atoms with E-state index in [0.717, 1.165) is 0 Å². The molecule has 0 saturated carbocycles. The van der Waals surface area contributed by atoms with Gasteiger partial charge in [-0.2, -0.15) is 0 Å². The average molecular weight is 343 g/mol. The van der Waals surface area contributed by atoms with E-state index in [2.05, 4.69) is 5.32 Å². The molecule has 130 valence electrons. The predicted molar refractivity (Wildman–Crippen MR) is 92.5 cm³/mol. The molecule has 3 N–H and O–H groups in total. The molecule has 0 bridgehead atoms. The minimum Gasteiger partial charge on any atom is -0.442 e. The number of carbonyl (C=O) groups excluding carboxylic acids is 2. The molecule has 6 nitrogen and oxygen atoms in total. The number of amides is 2. The van der Waals surface area contributed by atoms with E-state index >= 15 is 0 Å². The van der Waals surface area contributed by atoms with Crippen LogP contribution in [0.3, 0.4) is 0 Å². The van der Waals surface area contributed by atoms with Crippen molar-refractivity contribution < 1.29 is 18.7 Å². The maximum Gasteiger partial charge on any atom is 0.414 e. The first kappa shape index (κ1) is 16.8. The summed E-state index contributed by atoms with van der Waals surface area (Å²) < 4.78 is 19.7. The van der Waals surface area contributed by atoms with Gasteiger partial charge in [-0.1, -0.05) is 12.1 Å². The Morgan fingerprint density at radius 1 is 1.32 bits per heavy atom. The van der Waals surface area contributed by atoms with E-state index in [1.807, 2.05) is 0 Å². The van der Waals surface area contributed by atoms with Crippen molar-refractivity contribution in [3.63, 3.8) is 0 Å². The Morgan fingerprint density at radius 2 is 2.04 bits per heavy atom. The lowest BCUT2D eigenvalue weighted by Gasteiger charge is -2.14. The van der Waals surface area contributed by atoms with Crippen LogP contribution in [0.1, 0.15) is 6.92 Å². The summed E-state index contributed by atoms with van der Waals surface area (Å²) in [6.45, 7) is 1.86. The molecule has 3 rings (SSSR count). The molecule has 1 aliphatic rings. The van der Waals surface area contributed by atoms with Gasteiger partial charge in [0.2, 0.25) is 5.91 Å². The summed E-state index contributed by atoms with van der Waals surface area (Å²) in [4.78, 5) is 24.3. The third-order valence-electron chi connectivity index (χ3n) is 3.94. The fraction of sp³-hybridized carbons (Fsp3) is 0.222. The lowest BCUT2D eigenvalue weighted by atomic mass is 10.0. The second-order valence-corrected chi connectivity index (χ2v) is 5.84. The molecule has 2 amide bonds. The van der Waals surface area contributed by atoms with Gasteiger partial charge in [0.15, 0.2) is 0 Å². The smallest absolute Gasteiger partial charge is 0.414 e. The summed E-state index contributed by atoms with van der Waals surface area (Å²) >= 11 is 0. The Balaban J connectivity index is 1.77. The summed E-state index contributed by atoms with van der Waals surface area (Å²) in [5.74, 6) is -0.645. The number of halogens is 1. The molecule has 1 heterocycles. The second kappa shape index (κ2) is 6.80. The van der Waals surface area contributed by atoms with Crippen molar-refractivity contribution in [2.45, 2.75) is 13.0 Å². The number of nitrogen functional groups attached to an aromatic ring is 1. The molecule has 0 spiro atoms. The molecule has 2 aromatic rings. The predicted octanol–water partition coefficient (Wildman–Crippen LogP) is 2.54. The normalized spacial score (nSPS) is 16.6. The van der Waals surface area contributed by atoms with Crippen LogP contribution in [0.4, 0.5) is 20.6 Å². The summed E-state index contributed by atoms with van der Waals surface area (Å²) in [5.41, 5.74) is 7.78. The minimum atomic E-state index is -0.560. The molecule has 7 heteroatoms. The van der Waals surface area contributed by atoms with Gasteiger partial charge in [-0.25, -0.2) is 9.18 Å². The van der Waals surface area contributed by atoms with Crippen molar-refractivity contribution >= 4 is 23.4 Å². The maximum atomic E-state index is 14.5. The van der Waals surface area contributed by atoms with Gasteiger partial charge in [0.25, 0.3) is 0 Å². The second-order valence-electron chi connectivity index (χ2n) is 5.84. The van der Waals surface area contributed by atoms with Gasteiger partial charge in [-0.05, 0) is 35.9 Å². The molecule has 1 saturated heterocycles. The van der Waals surface area contributed by atoms with E-state index < -0.39 is 18.0 Å². The molecule has 0 aliphatic carbocycles. The van der Waals surface area contributed by atoms with Crippen LogP contribution in [0, 0.1) is 5.82 Å². The van der Waals surface area contributed by atoms with Crippen LogP contribution in [0.2, 0.25) is 0 Å². The third-order valence-corrected chi connectivity index (χ3v) is 3.94. The number of cyclic esters (lactones) is 1. The van der Waals surface area contributed by atoms with Crippen molar-refractivity contribution in [2.24, 2.45) is 0 Å². The lowest BCUT2D eigenvalue weighted by Crippen LogP contribution is -2.33. The van der Waals surface area contributed by atoms with Gasteiger partial charge in [0.1, 0.15) is 11.9 Å². The summed E-state index contributed by atoms with van der Waals surface area (Å²) in [7, 11) is 0. The zero-order valence-electron chi connectivity index (χ0n) is 13.7. The largest absolute Gasteiger partial charge is 0.442 e. The number of hydrogen-bond donors (Lipinski definition) is 2. The molecular formula is C18H18FN3O3. The molecule has 0 radical (unpaired) electrons. The van der Waals surface area contributed by atoms with E-state index in [-0.39, 0.29) is 19.0 Å². The zero-order chi connectivity index (χ0) is 18.0. The standard InChI is InChI=1S/C18H18FN3O3/c1-11(23)21-9-15-10-22(18(24)25-15)14-6-7-16(17(19)8-14)12-2-4-13(20)5-3-12/h2-8,15H,9-10,20H2,1H3,(H,21,23)/t15-/m0/s1. The van der Waals surface area contributed by atoms with E-state index in [9.17, 15) is 14.0 Å². The topological polar surface area (TPSA) is 84.7 Å². The highest BCUT2D eigenvalue weighted by atomic mass is 19.1. The van der Waals surface area contributed by atoms with Crippen LogP contribution in [-0.2, 0) is 9.53 Å². The van der Waals surface area contributed by atoms with Gasteiger partial charge in [-0.15, -0.1) is 0 Å². The number of nitrogens with two attached hydrogens (primary N) is 1. The fourth-order valence-corrected chi connectivity index (χ4v) is 2.66. The Bertz CT molecular complexity index is 808. The molecule has 1 fully saturated rings. The number of nitrogens with zero attached hydrogens (tertiary/aromatic N) is 1. The van der Waals surface area contributed by atoms with E-state index in [0.29, 0.717) is 22.5 Å². The number of carbonyl (C=O) groups is 2. The number of nitrogens with one attached hydrogen (secondary N) is 1. The minimum absolute atomic E-state index is 0.201. The summed E-state index contributed by atoms with van der Waals surface area (Å²) in [6, 6.07) is 11.5. The van der Waals surface area contributed by atoms with Crippen LogP contribution < -0.4 is 16.0 Å². The third kappa shape index (κ3) is 3.71. The Morgan fingerprint density at radius 3 is 2.68 bits per heavy atom. The van der Waals surface area contributed by atoms with E-state index in [4.69, 9.17) is 10.5 Å². The van der Waals surface area contributed by atoms with Crippen molar-refractivity contribution in [1.82, 2.24) is 5.32 Å². The molecular weight excluding hydrogens is 325 g/mol. The maximum absolute atomic E-state index is 14.5. The van der Waals surface area contributed by atoms with Crippen LogP contribution >= 0.6 is 0 Å². The first-order chi connectivity index (χ1) is 11.9. The SMILES string of the molecule is CC(=O)NC[C@H]1CN(c2ccc(-c3ccc(N)cc3)c(F)c2)C(=O)O1. The number of hydrogen-bond acceptors (Lipinski definition) is 4. The van der Waals surface area contributed by atoms with Crippen molar-refractivity contribution in [1.29, 1.82) is 0 Å². The average Bonchev–Trinajstić information content (AvgIpc) is 2.95. The highest BCUT2D eigenvalue weighted by molar-refractivity contribution is 5.90. The Kier molecular flexibility index (Phi) is 4.56. The molecule has 1 aliphatic heterocycles. The first-order valence-electron chi connectivity index (χ1n) is 7.82. The van der Waals surface area contributed by atoms with Gasteiger partial charge in [0.05, 0.1) is 18.8 Å². The monoisotopic (exact) mass is 343 g/mol. The van der Waals surface area contributed by atoms with Gasteiger partial charge < -0.3 is 15.8 Å². The number of ether oxygens (including phenoxy) is 1. The van der Waals surface area contributed by atoms with Crippen LogP contribution in [0.15, 0.2) is 42.5 Å². The summed E-state index contributed by atoms with van der Waals surface area (Å²) in [6.07, 6.45) is -1.02.